The van der Waals surface area contributed by atoms with Gasteiger partial charge in [-0.25, -0.2) is 0 Å². The molecular formula is C16H19ClN2OS. The highest BCUT2D eigenvalue weighted by molar-refractivity contribution is 8.00. The summed E-state index contributed by atoms with van der Waals surface area (Å²) in [5.41, 5.74) is 2.88. The summed E-state index contributed by atoms with van der Waals surface area (Å²) in [6.45, 7) is 4.06. The van der Waals surface area contributed by atoms with E-state index in [-0.39, 0.29) is 5.78 Å². The number of rotatable bonds is 6. The normalized spacial score (nSPS) is 10.9. The molecule has 1 heterocycles. The maximum absolute atomic E-state index is 12.1. The summed E-state index contributed by atoms with van der Waals surface area (Å²) < 4.78 is 1.72. The van der Waals surface area contributed by atoms with E-state index in [1.807, 2.05) is 26.1 Å². The second kappa shape index (κ2) is 7.14. The summed E-state index contributed by atoms with van der Waals surface area (Å²) in [4.78, 5) is 13.2. The fraction of sp³-hybridized carbons (Fsp3) is 0.375. The van der Waals surface area contributed by atoms with Gasteiger partial charge in [0.25, 0.3) is 0 Å². The number of aromatic nitrogens is 2. The number of thioether (sulfide) groups is 1. The largest absolute Gasteiger partial charge is 0.298 e. The number of aryl methyl sites for hydroxylation is 3. The fourth-order valence-electron chi connectivity index (χ4n) is 2.05. The van der Waals surface area contributed by atoms with Gasteiger partial charge in [-0.15, -0.1) is 11.8 Å². The van der Waals surface area contributed by atoms with E-state index in [4.69, 9.17) is 11.6 Å². The molecule has 1 aromatic carbocycles. The Morgan fingerprint density at radius 2 is 2.00 bits per heavy atom. The summed E-state index contributed by atoms with van der Waals surface area (Å²) in [5, 5.41) is 4.97. The van der Waals surface area contributed by atoms with Gasteiger partial charge in [0, 0.05) is 11.9 Å². The Labute approximate surface area is 134 Å². The lowest BCUT2D eigenvalue weighted by Gasteiger charge is -2.04. The number of carbonyl (C=O) groups is 1. The standard InChI is InChI=1S/C16H19ClN2OS/c1-4-14-16(17)15(19(3)18-14)9-12(20)10-21-13-7-5-11(2)6-8-13/h5-8H,4,9-10H2,1-3H3. The first-order valence-corrected chi connectivity index (χ1v) is 8.29. The first-order chi connectivity index (χ1) is 10.0. The second-order valence-electron chi connectivity index (χ2n) is 5.00. The van der Waals surface area contributed by atoms with Gasteiger partial charge in [0.1, 0.15) is 5.78 Å². The predicted molar refractivity (Wildman–Crippen MR) is 88.2 cm³/mol. The van der Waals surface area contributed by atoms with Crippen molar-refractivity contribution in [1.29, 1.82) is 0 Å². The van der Waals surface area contributed by atoms with Gasteiger partial charge in [0.2, 0.25) is 0 Å². The maximum Gasteiger partial charge on any atom is 0.149 e. The van der Waals surface area contributed by atoms with E-state index in [2.05, 4.69) is 24.2 Å². The highest BCUT2D eigenvalue weighted by atomic mass is 35.5. The van der Waals surface area contributed by atoms with Gasteiger partial charge in [0.05, 0.1) is 28.6 Å². The lowest BCUT2D eigenvalue weighted by molar-refractivity contribution is -0.116. The fourth-order valence-corrected chi connectivity index (χ4v) is 3.17. The van der Waals surface area contributed by atoms with E-state index in [1.54, 1.807) is 16.4 Å². The SMILES string of the molecule is CCc1nn(C)c(CC(=O)CSc2ccc(C)cc2)c1Cl. The highest BCUT2D eigenvalue weighted by Crippen LogP contribution is 2.23. The van der Waals surface area contributed by atoms with Gasteiger partial charge in [-0.3, -0.25) is 9.48 Å². The number of halogens is 1. The molecule has 0 atom stereocenters. The molecule has 0 fully saturated rings. The molecule has 0 aliphatic rings. The van der Waals surface area contributed by atoms with Crippen molar-refractivity contribution in [3.8, 4) is 0 Å². The van der Waals surface area contributed by atoms with Crippen LogP contribution in [-0.2, 0) is 24.7 Å². The van der Waals surface area contributed by atoms with Crippen LogP contribution in [0.5, 0.6) is 0 Å². The molecule has 0 aliphatic heterocycles. The molecule has 0 saturated heterocycles. The van der Waals surface area contributed by atoms with Gasteiger partial charge >= 0.3 is 0 Å². The number of benzene rings is 1. The van der Waals surface area contributed by atoms with Crippen LogP contribution < -0.4 is 0 Å². The Bertz CT molecular complexity index is 634. The van der Waals surface area contributed by atoms with Gasteiger partial charge < -0.3 is 0 Å². The first kappa shape index (κ1) is 16.1. The summed E-state index contributed by atoms with van der Waals surface area (Å²) in [6.07, 6.45) is 1.11. The van der Waals surface area contributed by atoms with Crippen molar-refractivity contribution in [2.45, 2.75) is 31.6 Å². The third kappa shape index (κ3) is 4.11. The van der Waals surface area contributed by atoms with E-state index in [0.29, 0.717) is 17.2 Å². The van der Waals surface area contributed by atoms with Crippen molar-refractivity contribution >= 4 is 29.1 Å². The third-order valence-corrected chi connectivity index (χ3v) is 4.80. The summed E-state index contributed by atoms with van der Waals surface area (Å²) in [5.74, 6) is 0.611. The number of hydrogen-bond acceptors (Lipinski definition) is 3. The molecule has 0 radical (unpaired) electrons. The van der Waals surface area contributed by atoms with Crippen LogP contribution in [-0.4, -0.2) is 21.3 Å². The van der Waals surface area contributed by atoms with Crippen molar-refractivity contribution in [2.75, 3.05) is 5.75 Å². The Kier molecular flexibility index (Phi) is 5.48. The molecule has 0 saturated carbocycles. The highest BCUT2D eigenvalue weighted by Gasteiger charge is 2.16. The minimum absolute atomic E-state index is 0.160. The molecule has 0 bridgehead atoms. The molecule has 2 rings (SSSR count). The first-order valence-electron chi connectivity index (χ1n) is 6.92. The Balaban J connectivity index is 1.96. The van der Waals surface area contributed by atoms with Gasteiger partial charge in [-0.2, -0.15) is 5.10 Å². The van der Waals surface area contributed by atoms with E-state index >= 15 is 0 Å². The average molecular weight is 323 g/mol. The van der Waals surface area contributed by atoms with Crippen molar-refractivity contribution < 1.29 is 4.79 Å². The summed E-state index contributed by atoms with van der Waals surface area (Å²) in [7, 11) is 1.83. The minimum atomic E-state index is 0.160. The number of hydrogen-bond donors (Lipinski definition) is 0. The number of ketones is 1. The van der Waals surface area contributed by atoms with Crippen LogP contribution in [0.15, 0.2) is 29.2 Å². The Hall–Kier alpha value is -1.26. The average Bonchev–Trinajstić information content (AvgIpc) is 2.74. The van der Waals surface area contributed by atoms with Crippen LogP contribution in [0.1, 0.15) is 23.9 Å². The lowest BCUT2D eigenvalue weighted by atomic mass is 10.2. The van der Waals surface area contributed by atoms with E-state index in [1.165, 1.54) is 5.56 Å². The van der Waals surface area contributed by atoms with Crippen molar-refractivity contribution in [3.05, 3.63) is 46.2 Å². The Morgan fingerprint density at radius 3 is 2.57 bits per heavy atom. The van der Waals surface area contributed by atoms with Crippen molar-refractivity contribution in [1.82, 2.24) is 9.78 Å². The molecule has 5 heteroatoms. The monoisotopic (exact) mass is 322 g/mol. The zero-order valence-electron chi connectivity index (χ0n) is 12.5. The van der Waals surface area contributed by atoms with Gasteiger partial charge in [-0.05, 0) is 25.5 Å². The van der Waals surface area contributed by atoms with Crippen LogP contribution in [0.3, 0.4) is 0 Å². The second-order valence-corrected chi connectivity index (χ2v) is 6.43. The van der Waals surface area contributed by atoms with Crippen molar-refractivity contribution in [3.63, 3.8) is 0 Å². The number of nitrogens with zero attached hydrogens (tertiary/aromatic N) is 2. The Morgan fingerprint density at radius 1 is 1.33 bits per heavy atom. The van der Waals surface area contributed by atoms with Crippen LogP contribution >= 0.6 is 23.4 Å². The van der Waals surface area contributed by atoms with E-state index in [0.717, 1.165) is 22.7 Å². The molecule has 0 N–H and O–H groups in total. The smallest absolute Gasteiger partial charge is 0.149 e. The van der Waals surface area contributed by atoms with Gasteiger partial charge in [0.15, 0.2) is 0 Å². The number of Topliss-reactive ketones (excluding diaryl/α,β-unsaturated/α-hetero) is 1. The van der Waals surface area contributed by atoms with Crippen LogP contribution in [0, 0.1) is 6.92 Å². The maximum atomic E-state index is 12.1. The molecule has 0 spiro atoms. The molecule has 0 aliphatic carbocycles. The molecule has 21 heavy (non-hydrogen) atoms. The zero-order valence-corrected chi connectivity index (χ0v) is 14.1. The molecule has 0 unspecified atom stereocenters. The molecule has 3 nitrogen and oxygen atoms in total. The molecule has 0 amide bonds. The lowest BCUT2D eigenvalue weighted by Crippen LogP contribution is -2.10. The van der Waals surface area contributed by atoms with Crippen LogP contribution in [0.2, 0.25) is 5.02 Å². The van der Waals surface area contributed by atoms with Crippen LogP contribution in [0.4, 0.5) is 0 Å². The predicted octanol–water partition coefficient (Wildman–Crippen LogP) is 3.85. The van der Waals surface area contributed by atoms with E-state index in [9.17, 15) is 4.79 Å². The molecule has 1 aromatic heterocycles. The minimum Gasteiger partial charge on any atom is -0.298 e. The van der Waals surface area contributed by atoms with Crippen molar-refractivity contribution in [2.24, 2.45) is 7.05 Å². The quantitative estimate of drug-likeness (QED) is 0.758. The molecular weight excluding hydrogens is 304 g/mol. The van der Waals surface area contributed by atoms with Gasteiger partial charge in [-0.1, -0.05) is 36.2 Å². The molecule has 112 valence electrons. The van der Waals surface area contributed by atoms with E-state index < -0.39 is 0 Å². The number of carbonyl (C=O) groups excluding carboxylic acids is 1. The molecule has 2 aromatic rings. The third-order valence-electron chi connectivity index (χ3n) is 3.29. The topological polar surface area (TPSA) is 34.9 Å². The van der Waals surface area contributed by atoms with Crippen LogP contribution in [0.25, 0.3) is 0 Å². The summed E-state index contributed by atoms with van der Waals surface area (Å²) >= 11 is 7.82. The zero-order chi connectivity index (χ0) is 15.4. The summed E-state index contributed by atoms with van der Waals surface area (Å²) in [6, 6.07) is 8.19.